The fourth-order valence-corrected chi connectivity index (χ4v) is 1.84. The third-order valence-electron chi connectivity index (χ3n) is 1.84. The quantitative estimate of drug-likeness (QED) is 0.384. The SMILES string of the molecule is Cc1cc2c(Br)cccc2[cH-]1.[Cl-].[Cl-].[Cl-].[Zr+4]. The molecule has 0 amide bonds. The molecule has 0 aliphatic heterocycles. The Morgan fingerprint density at radius 1 is 1.13 bits per heavy atom. The maximum atomic E-state index is 3.51. The van der Waals surface area contributed by atoms with Crippen molar-refractivity contribution in [2.24, 2.45) is 0 Å². The Morgan fingerprint density at radius 3 is 2.27 bits per heavy atom. The van der Waals surface area contributed by atoms with Crippen molar-refractivity contribution in [3.05, 3.63) is 40.4 Å². The molecular weight excluding hydrogens is 398 g/mol. The summed E-state index contributed by atoms with van der Waals surface area (Å²) >= 11 is 3.51. The Balaban J connectivity index is -0.000000360. The minimum Gasteiger partial charge on any atom is -1.00 e. The molecule has 0 atom stereocenters. The molecule has 0 aliphatic rings. The minimum absolute atomic E-state index is 0. The minimum atomic E-state index is 0. The number of rotatable bonds is 0. The number of aryl methyl sites for hydroxylation is 1. The Morgan fingerprint density at radius 2 is 1.73 bits per heavy atom. The summed E-state index contributed by atoms with van der Waals surface area (Å²) in [5.41, 5.74) is 1.33. The topological polar surface area (TPSA) is 0 Å². The van der Waals surface area contributed by atoms with Crippen LogP contribution in [0.1, 0.15) is 5.56 Å². The van der Waals surface area contributed by atoms with E-state index >= 15 is 0 Å². The van der Waals surface area contributed by atoms with Crippen molar-refractivity contribution in [2.45, 2.75) is 6.92 Å². The van der Waals surface area contributed by atoms with Gasteiger partial charge in [0.25, 0.3) is 0 Å². The van der Waals surface area contributed by atoms with Crippen molar-refractivity contribution < 1.29 is 63.4 Å². The molecule has 2 rings (SSSR count). The van der Waals surface area contributed by atoms with Crippen LogP contribution in [0.2, 0.25) is 0 Å². The zero-order chi connectivity index (χ0) is 7.84. The van der Waals surface area contributed by atoms with E-state index in [1.165, 1.54) is 20.8 Å². The predicted molar refractivity (Wildman–Crippen MR) is 52.0 cm³/mol. The van der Waals surface area contributed by atoms with Gasteiger partial charge in [-0.2, -0.15) is 6.07 Å². The number of fused-ring (bicyclic) bond motifs is 1. The van der Waals surface area contributed by atoms with E-state index in [9.17, 15) is 0 Å². The molecule has 0 heterocycles. The van der Waals surface area contributed by atoms with Gasteiger partial charge in [0.05, 0.1) is 0 Å². The summed E-state index contributed by atoms with van der Waals surface area (Å²) in [7, 11) is 0. The zero-order valence-corrected chi connectivity index (χ0v) is 14.2. The van der Waals surface area contributed by atoms with Gasteiger partial charge >= 0.3 is 26.2 Å². The molecule has 0 fully saturated rings. The first kappa shape index (κ1) is 21.4. The molecule has 80 valence electrons. The van der Waals surface area contributed by atoms with Crippen LogP contribution in [0.3, 0.4) is 0 Å². The van der Waals surface area contributed by atoms with Crippen molar-refractivity contribution in [1.82, 2.24) is 0 Å². The third-order valence-corrected chi connectivity index (χ3v) is 2.53. The van der Waals surface area contributed by atoms with E-state index in [-0.39, 0.29) is 63.4 Å². The molecule has 0 aromatic heterocycles. The molecule has 2 aromatic rings. The molecule has 5 heteroatoms. The van der Waals surface area contributed by atoms with E-state index < -0.39 is 0 Å². The summed E-state index contributed by atoms with van der Waals surface area (Å²) in [6.45, 7) is 2.12. The van der Waals surface area contributed by atoms with Crippen LogP contribution in [-0.4, -0.2) is 0 Å². The van der Waals surface area contributed by atoms with Gasteiger partial charge in [-0.1, -0.05) is 28.9 Å². The third kappa shape index (κ3) is 4.83. The van der Waals surface area contributed by atoms with E-state index in [1.54, 1.807) is 0 Å². The largest absolute Gasteiger partial charge is 4.00 e. The van der Waals surface area contributed by atoms with E-state index in [0.717, 1.165) is 0 Å². The molecule has 15 heavy (non-hydrogen) atoms. The van der Waals surface area contributed by atoms with Crippen LogP contribution in [0.4, 0.5) is 0 Å². The molecular formula is C10H8BrCl3Zr. The van der Waals surface area contributed by atoms with E-state index in [1.807, 2.05) is 0 Å². The smallest absolute Gasteiger partial charge is 1.00 e. The molecule has 0 nitrogen and oxygen atoms in total. The van der Waals surface area contributed by atoms with Crippen molar-refractivity contribution in [3.8, 4) is 0 Å². The van der Waals surface area contributed by atoms with Crippen LogP contribution in [-0.2, 0) is 26.2 Å². The monoisotopic (exact) mass is 402 g/mol. The molecule has 0 unspecified atom stereocenters. The van der Waals surface area contributed by atoms with E-state index in [0.29, 0.717) is 0 Å². The van der Waals surface area contributed by atoms with Gasteiger partial charge in [-0.15, -0.1) is 34.5 Å². The van der Waals surface area contributed by atoms with Crippen LogP contribution in [0.5, 0.6) is 0 Å². The fourth-order valence-electron chi connectivity index (χ4n) is 1.35. The van der Waals surface area contributed by atoms with Crippen LogP contribution in [0, 0.1) is 6.92 Å². The first-order valence-electron chi connectivity index (χ1n) is 3.59. The molecule has 0 spiro atoms. The van der Waals surface area contributed by atoms with Gasteiger partial charge in [-0.25, -0.2) is 0 Å². The summed E-state index contributed by atoms with van der Waals surface area (Å²) in [6, 6.07) is 10.7. The van der Waals surface area contributed by atoms with E-state index in [4.69, 9.17) is 0 Å². The first-order valence-corrected chi connectivity index (χ1v) is 4.38. The van der Waals surface area contributed by atoms with Crippen LogP contribution in [0.15, 0.2) is 34.8 Å². The maximum absolute atomic E-state index is 3.51. The second kappa shape index (κ2) is 9.13. The van der Waals surface area contributed by atoms with Crippen molar-refractivity contribution in [3.63, 3.8) is 0 Å². The molecule has 0 bridgehead atoms. The summed E-state index contributed by atoms with van der Waals surface area (Å²) in [5.74, 6) is 0. The van der Waals surface area contributed by atoms with Gasteiger partial charge in [-0.3, -0.25) is 0 Å². The Kier molecular flexibility index (Phi) is 13.0. The average Bonchev–Trinajstić information content (AvgIpc) is 2.31. The van der Waals surface area contributed by atoms with Gasteiger partial charge in [0.15, 0.2) is 0 Å². The normalized spacial score (nSPS) is 7.87. The molecule has 0 aliphatic carbocycles. The maximum Gasteiger partial charge on any atom is 4.00 e. The van der Waals surface area contributed by atoms with Crippen LogP contribution < -0.4 is 37.2 Å². The molecule has 0 N–H and O–H groups in total. The van der Waals surface area contributed by atoms with Gasteiger partial charge in [0, 0.05) is 0 Å². The Hall–Kier alpha value is 1.06. The summed E-state index contributed by atoms with van der Waals surface area (Å²) in [4.78, 5) is 0. The van der Waals surface area contributed by atoms with Gasteiger partial charge < -0.3 is 37.2 Å². The van der Waals surface area contributed by atoms with Crippen molar-refractivity contribution in [2.75, 3.05) is 0 Å². The predicted octanol–water partition coefficient (Wildman–Crippen LogP) is -5.36. The zero-order valence-electron chi connectivity index (χ0n) is 7.90. The molecule has 0 radical (unpaired) electrons. The molecule has 0 saturated heterocycles. The van der Waals surface area contributed by atoms with Crippen LogP contribution >= 0.6 is 15.9 Å². The summed E-state index contributed by atoms with van der Waals surface area (Å²) in [6.07, 6.45) is 0. The van der Waals surface area contributed by atoms with Crippen molar-refractivity contribution in [1.29, 1.82) is 0 Å². The van der Waals surface area contributed by atoms with Gasteiger partial charge in [0.1, 0.15) is 0 Å². The average molecular weight is 406 g/mol. The summed E-state index contributed by atoms with van der Waals surface area (Å²) in [5, 5.41) is 2.63. The second-order valence-electron chi connectivity index (χ2n) is 2.78. The van der Waals surface area contributed by atoms with E-state index in [2.05, 4.69) is 53.2 Å². The number of benzene rings is 1. The fraction of sp³-hybridized carbons (Fsp3) is 0.100. The Bertz CT molecular complexity index is 400. The number of hydrogen-bond donors (Lipinski definition) is 0. The summed E-state index contributed by atoms with van der Waals surface area (Å²) < 4.78 is 1.18. The van der Waals surface area contributed by atoms with Gasteiger partial charge in [-0.05, 0) is 4.47 Å². The van der Waals surface area contributed by atoms with Crippen LogP contribution in [0.25, 0.3) is 10.8 Å². The number of hydrogen-bond acceptors (Lipinski definition) is 0. The van der Waals surface area contributed by atoms with Crippen molar-refractivity contribution >= 4 is 26.7 Å². The number of halogens is 4. The first-order chi connectivity index (χ1) is 5.27. The second-order valence-corrected chi connectivity index (χ2v) is 3.63. The van der Waals surface area contributed by atoms with Gasteiger partial charge in [0.2, 0.25) is 0 Å². The Labute approximate surface area is 136 Å². The molecule has 0 saturated carbocycles. The standard InChI is InChI=1S/C10H8Br.3ClH.Zr/c1-7-5-8-3-2-4-10(11)9(8)6-7;;;;/h2-6H,1H3;3*1H;/q-1;;;;+4/p-3. The molecule has 2 aromatic carbocycles.